The first-order chi connectivity index (χ1) is 18.1. The minimum atomic E-state index is -0.193. The Hall–Kier alpha value is -4.24. The fourth-order valence-corrected chi connectivity index (χ4v) is 4.96. The third kappa shape index (κ3) is 5.03. The summed E-state index contributed by atoms with van der Waals surface area (Å²) in [6, 6.07) is 21.3. The number of carbonyl (C=O) groups excluding carboxylic acids is 1. The molecule has 9 heteroatoms. The van der Waals surface area contributed by atoms with Crippen LogP contribution in [0.4, 0.5) is 11.4 Å². The van der Waals surface area contributed by atoms with Crippen molar-refractivity contribution in [1.29, 1.82) is 0 Å². The molecule has 8 nitrogen and oxygen atoms in total. The van der Waals surface area contributed by atoms with Crippen molar-refractivity contribution in [1.82, 2.24) is 19.9 Å². The van der Waals surface area contributed by atoms with Crippen LogP contribution in [0.2, 0.25) is 0 Å². The van der Waals surface area contributed by atoms with Gasteiger partial charge in [-0.3, -0.25) is 14.8 Å². The molecule has 0 aliphatic carbocycles. The van der Waals surface area contributed by atoms with Crippen molar-refractivity contribution in [2.45, 2.75) is 32.0 Å². The first kappa shape index (κ1) is 24.5. The first-order valence-electron chi connectivity index (χ1n) is 12.1. The van der Waals surface area contributed by atoms with E-state index in [-0.39, 0.29) is 18.0 Å². The van der Waals surface area contributed by atoms with E-state index in [0.717, 1.165) is 22.8 Å². The number of thiocarbonyl (C=S) groups is 1. The summed E-state index contributed by atoms with van der Waals surface area (Å²) in [5.41, 5.74) is 4.38. The molecular weight excluding hydrogens is 484 g/mol. The largest absolute Gasteiger partial charge is 0.494 e. The number of hydrogen-bond acceptors (Lipinski definition) is 5. The van der Waals surface area contributed by atoms with E-state index >= 15 is 0 Å². The lowest BCUT2D eigenvalue weighted by Gasteiger charge is -2.29. The van der Waals surface area contributed by atoms with Gasteiger partial charge in [0.1, 0.15) is 11.8 Å². The second-order valence-corrected chi connectivity index (χ2v) is 9.05. The summed E-state index contributed by atoms with van der Waals surface area (Å²) in [5, 5.41) is 6.98. The van der Waals surface area contributed by atoms with Crippen molar-refractivity contribution in [2.75, 3.05) is 17.3 Å². The molecule has 2 atom stereocenters. The molecule has 37 heavy (non-hydrogen) atoms. The molecule has 188 valence electrons. The number of pyridine rings is 2. The minimum absolute atomic E-state index is 0.0788. The molecule has 0 unspecified atom stereocenters. The zero-order valence-electron chi connectivity index (χ0n) is 20.7. The molecule has 0 saturated carbocycles. The van der Waals surface area contributed by atoms with Crippen LogP contribution in [0, 0.1) is 0 Å². The van der Waals surface area contributed by atoms with Gasteiger partial charge in [0.25, 0.3) is 0 Å². The van der Waals surface area contributed by atoms with Crippen molar-refractivity contribution in [2.24, 2.45) is 0 Å². The number of aromatic nitrogens is 3. The molecule has 0 radical (unpaired) electrons. The van der Waals surface area contributed by atoms with E-state index in [1.807, 2.05) is 67.6 Å². The number of amides is 1. The van der Waals surface area contributed by atoms with Gasteiger partial charge in [-0.15, -0.1) is 0 Å². The van der Waals surface area contributed by atoms with Gasteiger partial charge in [0.2, 0.25) is 5.91 Å². The molecule has 3 aromatic heterocycles. The molecule has 2 N–H and O–H groups in total. The fraction of sp³-hybridized carbons (Fsp3) is 0.214. The number of methoxy groups -OCH3 is 1. The zero-order chi connectivity index (χ0) is 25.8. The number of hydrogen-bond donors (Lipinski definition) is 2. The number of anilines is 2. The van der Waals surface area contributed by atoms with Gasteiger partial charge in [0, 0.05) is 42.5 Å². The van der Waals surface area contributed by atoms with Crippen LogP contribution in [0.25, 0.3) is 0 Å². The van der Waals surface area contributed by atoms with Crippen molar-refractivity contribution in [3.8, 4) is 5.75 Å². The lowest BCUT2D eigenvalue weighted by Crippen LogP contribution is -2.30. The molecule has 4 heterocycles. The topological polar surface area (TPSA) is 84.3 Å². The van der Waals surface area contributed by atoms with Crippen molar-refractivity contribution in [3.63, 3.8) is 0 Å². The normalized spacial score (nSPS) is 16.9. The quantitative estimate of drug-likeness (QED) is 0.326. The number of rotatable bonds is 8. The molecule has 1 saturated heterocycles. The highest BCUT2D eigenvalue weighted by molar-refractivity contribution is 7.80. The van der Waals surface area contributed by atoms with E-state index in [2.05, 4.69) is 42.3 Å². The van der Waals surface area contributed by atoms with Crippen LogP contribution < -0.4 is 20.3 Å². The standard InChI is InChI=1S/C28H28N6O2S/c1-3-25(35)31-21-13-12-20(17-24(21)36-2)34-27(26(32-28(34)37)22-10-5-7-15-30-22)23-11-8-16-33(23)18-19-9-4-6-14-29-19/h4-17,26-27H,3,18H2,1-2H3,(H,31,35)(H,32,37)/t26-,27-/m0/s1. The molecule has 1 aliphatic heterocycles. The molecular formula is C28H28N6O2S. The van der Waals surface area contributed by atoms with Crippen molar-refractivity contribution < 1.29 is 9.53 Å². The number of nitrogens with zero attached hydrogens (tertiary/aromatic N) is 4. The molecule has 0 bridgehead atoms. The SMILES string of the molecule is CCC(=O)Nc1ccc(N2C(=S)N[C@@H](c3ccccn3)[C@@H]2c2cccn2Cc2ccccn2)cc1OC. The summed E-state index contributed by atoms with van der Waals surface area (Å²) in [5.74, 6) is 0.482. The Morgan fingerprint density at radius 1 is 1.08 bits per heavy atom. The summed E-state index contributed by atoms with van der Waals surface area (Å²) >= 11 is 5.88. The van der Waals surface area contributed by atoms with Crippen LogP contribution in [-0.4, -0.2) is 32.7 Å². The predicted octanol–water partition coefficient (Wildman–Crippen LogP) is 4.86. The van der Waals surface area contributed by atoms with Gasteiger partial charge in [-0.1, -0.05) is 19.1 Å². The maximum absolute atomic E-state index is 12.0. The molecule has 1 fully saturated rings. The van der Waals surface area contributed by atoms with E-state index in [9.17, 15) is 4.79 Å². The molecule has 1 aromatic carbocycles. The van der Waals surface area contributed by atoms with Crippen LogP contribution in [-0.2, 0) is 11.3 Å². The van der Waals surface area contributed by atoms with E-state index in [1.54, 1.807) is 19.5 Å². The Morgan fingerprint density at radius 2 is 1.89 bits per heavy atom. The highest BCUT2D eigenvalue weighted by Crippen LogP contribution is 2.43. The molecule has 1 aliphatic rings. The average molecular weight is 513 g/mol. The van der Waals surface area contributed by atoms with Crippen LogP contribution in [0.1, 0.15) is 42.5 Å². The Labute approximate surface area is 221 Å². The van der Waals surface area contributed by atoms with E-state index in [0.29, 0.717) is 29.5 Å². The average Bonchev–Trinajstić information content (AvgIpc) is 3.53. The summed E-state index contributed by atoms with van der Waals surface area (Å²) in [6.45, 7) is 2.44. The third-order valence-electron chi connectivity index (χ3n) is 6.38. The summed E-state index contributed by atoms with van der Waals surface area (Å²) in [6.07, 6.45) is 6.04. The predicted molar refractivity (Wildman–Crippen MR) is 148 cm³/mol. The number of benzene rings is 1. The number of carbonyl (C=O) groups is 1. The van der Waals surface area contributed by atoms with Gasteiger partial charge in [0.05, 0.1) is 36.8 Å². The smallest absolute Gasteiger partial charge is 0.224 e. The monoisotopic (exact) mass is 512 g/mol. The van der Waals surface area contributed by atoms with Gasteiger partial charge in [-0.25, -0.2) is 0 Å². The van der Waals surface area contributed by atoms with E-state index in [1.165, 1.54) is 0 Å². The molecule has 4 aromatic rings. The lowest BCUT2D eigenvalue weighted by molar-refractivity contribution is -0.115. The van der Waals surface area contributed by atoms with E-state index < -0.39 is 0 Å². The first-order valence-corrected chi connectivity index (χ1v) is 12.5. The highest BCUT2D eigenvalue weighted by Gasteiger charge is 2.42. The Morgan fingerprint density at radius 3 is 2.59 bits per heavy atom. The van der Waals surface area contributed by atoms with Crippen LogP contribution >= 0.6 is 12.2 Å². The second kappa shape index (κ2) is 10.8. The van der Waals surface area contributed by atoms with Crippen LogP contribution in [0.3, 0.4) is 0 Å². The fourth-order valence-electron chi connectivity index (χ4n) is 4.61. The summed E-state index contributed by atoms with van der Waals surface area (Å²) < 4.78 is 7.83. The third-order valence-corrected chi connectivity index (χ3v) is 6.70. The second-order valence-electron chi connectivity index (χ2n) is 8.66. The van der Waals surface area contributed by atoms with Crippen LogP contribution in [0.15, 0.2) is 85.3 Å². The Balaban J connectivity index is 1.58. The number of nitrogens with one attached hydrogen (secondary N) is 2. The Kier molecular flexibility index (Phi) is 7.14. The minimum Gasteiger partial charge on any atom is -0.494 e. The van der Waals surface area contributed by atoms with Crippen molar-refractivity contribution >= 4 is 34.6 Å². The summed E-state index contributed by atoms with van der Waals surface area (Å²) in [7, 11) is 1.59. The maximum atomic E-state index is 12.0. The highest BCUT2D eigenvalue weighted by atomic mass is 32.1. The molecule has 5 rings (SSSR count). The van der Waals surface area contributed by atoms with Gasteiger partial charge in [-0.2, -0.15) is 0 Å². The maximum Gasteiger partial charge on any atom is 0.224 e. The van der Waals surface area contributed by atoms with Crippen molar-refractivity contribution in [3.05, 3.63) is 102 Å². The van der Waals surface area contributed by atoms with Gasteiger partial charge in [0.15, 0.2) is 5.11 Å². The van der Waals surface area contributed by atoms with E-state index in [4.69, 9.17) is 17.0 Å². The van der Waals surface area contributed by atoms with Gasteiger partial charge in [-0.05, 0) is 60.7 Å². The van der Waals surface area contributed by atoms with Crippen LogP contribution in [0.5, 0.6) is 5.75 Å². The summed E-state index contributed by atoms with van der Waals surface area (Å²) in [4.78, 5) is 23.3. The van der Waals surface area contributed by atoms with Gasteiger partial charge >= 0.3 is 0 Å². The molecule has 0 spiro atoms. The Bertz CT molecular complexity index is 1390. The molecule has 1 amide bonds. The van der Waals surface area contributed by atoms with Gasteiger partial charge < -0.3 is 24.8 Å². The lowest BCUT2D eigenvalue weighted by atomic mass is 10.0. The number of ether oxygens (including phenoxy) is 1. The zero-order valence-corrected chi connectivity index (χ0v) is 21.5.